The van der Waals surface area contributed by atoms with Crippen LogP contribution in [-0.4, -0.2) is 36.1 Å². The third-order valence-electron chi connectivity index (χ3n) is 3.68. The third-order valence-corrected chi connectivity index (χ3v) is 3.68. The van der Waals surface area contributed by atoms with Crippen molar-refractivity contribution in [1.82, 2.24) is 0 Å². The summed E-state index contributed by atoms with van der Waals surface area (Å²) in [7, 11) is 0. The number of epoxide rings is 1. The number of oxime groups is 1. The van der Waals surface area contributed by atoms with Crippen LogP contribution in [0.2, 0.25) is 0 Å². The average molecular weight is 269 g/mol. The van der Waals surface area contributed by atoms with Gasteiger partial charge >= 0.3 is 5.97 Å². The van der Waals surface area contributed by atoms with Gasteiger partial charge in [0.1, 0.15) is 6.10 Å². The van der Waals surface area contributed by atoms with Gasteiger partial charge in [-0.15, -0.1) is 0 Å². The van der Waals surface area contributed by atoms with Crippen molar-refractivity contribution in [1.29, 1.82) is 0 Å². The van der Waals surface area contributed by atoms with E-state index in [1.807, 2.05) is 6.92 Å². The number of carbonyl (C=O) groups is 1. The van der Waals surface area contributed by atoms with Crippen LogP contribution in [0.4, 0.5) is 0 Å². The highest BCUT2D eigenvalue weighted by atomic mass is 16.7. The Bertz CT molecular complexity index is 399. The first-order valence-corrected chi connectivity index (χ1v) is 6.93. The Morgan fingerprint density at radius 2 is 2.16 bits per heavy atom. The topological polar surface area (TPSA) is 60.4 Å². The number of carbonyl (C=O) groups excluding carboxylic acids is 1. The van der Waals surface area contributed by atoms with Crippen molar-refractivity contribution < 1.29 is 19.1 Å². The predicted octanol–water partition coefficient (Wildman–Crippen LogP) is 2.29. The monoisotopic (exact) mass is 269 g/mol. The molecule has 0 aromatic rings. The number of hydrogen-bond acceptors (Lipinski definition) is 5. The number of nitrogens with zero attached hydrogens (tertiary/aromatic N) is 1. The van der Waals surface area contributed by atoms with Crippen molar-refractivity contribution in [2.45, 2.75) is 65.3 Å². The molecule has 2 aliphatic heterocycles. The van der Waals surface area contributed by atoms with Gasteiger partial charge in [0, 0.05) is 11.8 Å². The lowest BCUT2D eigenvalue weighted by atomic mass is 9.81. The maximum atomic E-state index is 12.3. The van der Waals surface area contributed by atoms with Crippen molar-refractivity contribution in [3.05, 3.63) is 0 Å². The molecule has 0 saturated carbocycles. The van der Waals surface area contributed by atoms with Gasteiger partial charge in [0.2, 0.25) is 0 Å². The molecule has 0 radical (unpaired) electrons. The summed E-state index contributed by atoms with van der Waals surface area (Å²) in [6.07, 6.45) is 1.15. The Balaban J connectivity index is 2.18. The van der Waals surface area contributed by atoms with Crippen molar-refractivity contribution in [2.24, 2.45) is 10.6 Å². The molecule has 19 heavy (non-hydrogen) atoms. The molecular formula is C14H23NO4. The van der Waals surface area contributed by atoms with Gasteiger partial charge in [-0.2, -0.15) is 0 Å². The standard InChI is InChI=1S/C14H23NO4/c1-6-9-11(18-9)14(12(16)17-7-2)8-10(15-19-14)13(3,4)5/h9,11H,6-8H2,1-5H3. The van der Waals surface area contributed by atoms with E-state index in [9.17, 15) is 4.79 Å². The van der Waals surface area contributed by atoms with Crippen LogP contribution in [0.25, 0.3) is 0 Å². The van der Waals surface area contributed by atoms with E-state index in [0.29, 0.717) is 13.0 Å². The van der Waals surface area contributed by atoms with Crippen molar-refractivity contribution in [3.63, 3.8) is 0 Å². The molecule has 3 unspecified atom stereocenters. The molecule has 2 aliphatic rings. The lowest BCUT2D eigenvalue weighted by molar-refractivity contribution is -0.171. The summed E-state index contributed by atoms with van der Waals surface area (Å²) in [6.45, 7) is 10.3. The molecule has 108 valence electrons. The zero-order valence-corrected chi connectivity index (χ0v) is 12.4. The lowest BCUT2D eigenvalue weighted by Crippen LogP contribution is -2.47. The Hall–Kier alpha value is -1.10. The molecule has 2 heterocycles. The molecule has 5 heteroatoms. The second kappa shape index (κ2) is 4.78. The summed E-state index contributed by atoms with van der Waals surface area (Å²) in [5.74, 6) is -0.362. The predicted molar refractivity (Wildman–Crippen MR) is 70.9 cm³/mol. The van der Waals surface area contributed by atoms with Crippen LogP contribution < -0.4 is 0 Å². The van der Waals surface area contributed by atoms with Crippen LogP contribution in [0.1, 0.15) is 47.5 Å². The van der Waals surface area contributed by atoms with E-state index in [0.717, 1.165) is 12.1 Å². The highest BCUT2D eigenvalue weighted by molar-refractivity contribution is 5.97. The fraction of sp³-hybridized carbons (Fsp3) is 0.857. The summed E-state index contributed by atoms with van der Waals surface area (Å²) < 4.78 is 10.7. The lowest BCUT2D eigenvalue weighted by Gasteiger charge is -2.24. The van der Waals surface area contributed by atoms with Gasteiger partial charge in [0.15, 0.2) is 0 Å². The number of hydrogen-bond donors (Lipinski definition) is 0. The number of ether oxygens (including phenoxy) is 2. The van der Waals surface area contributed by atoms with Gasteiger partial charge in [-0.25, -0.2) is 4.79 Å². The maximum absolute atomic E-state index is 12.3. The summed E-state index contributed by atoms with van der Waals surface area (Å²) in [5.41, 5.74) is -0.310. The van der Waals surface area contributed by atoms with Crippen LogP contribution in [0.15, 0.2) is 5.16 Å². The molecule has 1 fully saturated rings. The second-order valence-electron chi connectivity index (χ2n) is 6.17. The van der Waals surface area contributed by atoms with E-state index in [1.54, 1.807) is 6.92 Å². The van der Waals surface area contributed by atoms with E-state index in [4.69, 9.17) is 14.3 Å². The fourth-order valence-electron chi connectivity index (χ4n) is 2.35. The minimum absolute atomic E-state index is 0.0684. The van der Waals surface area contributed by atoms with Crippen LogP contribution in [0.3, 0.4) is 0 Å². The smallest absolute Gasteiger partial charge is 0.356 e. The zero-order chi connectivity index (χ0) is 14.3. The molecule has 0 spiro atoms. The minimum atomic E-state index is -1.07. The first kappa shape index (κ1) is 14.3. The van der Waals surface area contributed by atoms with E-state index in [1.165, 1.54) is 0 Å². The molecule has 0 N–H and O–H groups in total. The van der Waals surface area contributed by atoms with E-state index < -0.39 is 5.60 Å². The summed E-state index contributed by atoms with van der Waals surface area (Å²) in [6, 6.07) is 0. The Morgan fingerprint density at radius 1 is 1.47 bits per heavy atom. The normalized spacial score (nSPS) is 33.6. The van der Waals surface area contributed by atoms with Crippen LogP contribution in [0, 0.1) is 5.41 Å². The molecule has 0 aromatic carbocycles. The molecule has 2 rings (SSSR count). The molecule has 5 nitrogen and oxygen atoms in total. The first-order chi connectivity index (χ1) is 8.85. The highest BCUT2D eigenvalue weighted by Gasteiger charge is 2.65. The van der Waals surface area contributed by atoms with Crippen LogP contribution in [-0.2, 0) is 19.1 Å². The summed E-state index contributed by atoms with van der Waals surface area (Å²) in [4.78, 5) is 17.8. The molecule has 0 amide bonds. The Morgan fingerprint density at radius 3 is 2.58 bits per heavy atom. The quantitative estimate of drug-likeness (QED) is 0.580. The third kappa shape index (κ3) is 2.48. The molecule has 0 aromatic heterocycles. The van der Waals surface area contributed by atoms with Gasteiger partial charge in [-0.05, 0) is 13.3 Å². The van der Waals surface area contributed by atoms with Crippen molar-refractivity contribution >= 4 is 11.7 Å². The summed E-state index contributed by atoms with van der Waals surface area (Å²) >= 11 is 0. The number of esters is 1. The molecule has 0 aliphatic carbocycles. The van der Waals surface area contributed by atoms with Gasteiger partial charge in [0.05, 0.1) is 18.4 Å². The van der Waals surface area contributed by atoms with Crippen molar-refractivity contribution in [2.75, 3.05) is 6.61 Å². The summed E-state index contributed by atoms with van der Waals surface area (Å²) in [5, 5.41) is 4.13. The first-order valence-electron chi connectivity index (χ1n) is 6.93. The van der Waals surface area contributed by atoms with Crippen LogP contribution in [0.5, 0.6) is 0 Å². The number of rotatable bonds is 4. The molecular weight excluding hydrogens is 246 g/mol. The van der Waals surface area contributed by atoms with Crippen LogP contribution >= 0.6 is 0 Å². The maximum Gasteiger partial charge on any atom is 0.356 e. The second-order valence-corrected chi connectivity index (χ2v) is 6.17. The average Bonchev–Trinajstić information content (AvgIpc) is 2.98. The molecule has 0 bridgehead atoms. The largest absolute Gasteiger partial charge is 0.463 e. The molecule has 1 saturated heterocycles. The van der Waals surface area contributed by atoms with E-state index in [-0.39, 0.29) is 23.6 Å². The van der Waals surface area contributed by atoms with Gasteiger partial charge in [0.25, 0.3) is 5.60 Å². The Labute approximate surface area is 114 Å². The highest BCUT2D eigenvalue weighted by Crippen LogP contribution is 2.45. The van der Waals surface area contributed by atoms with Gasteiger partial charge in [-0.3, -0.25) is 0 Å². The zero-order valence-electron chi connectivity index (χ0n) is 12.4. The van der Waals surface area contributed by atoms with Crippen molar-refractivity contribution in [3.8, 4) is 0 Å². The fourth-order valence-corrected chi connectivity index (χ4v) is 2.35. The van der Waals surface area contributed by atoms with E-state index >= 15 is 0 Å². The van der Waals surface area contributed by atoms with Gasteiger partial charge in [-0.1, -0.05) is 32.9 Å². The minimum Gasteiger partial charge on any atom is -0.463 e. The van der Waals surface area contributed by atoms with Gasteiger partial charge < -0.3 is 14.3 Å². The van der Waals surface area contributed by atoms with E-state index in [2.05, 4.69) is 25.9 Å². The molecule has 3 atom stereocenters. The SMILES string of the molecule is CCOC(=O)C1(C2OC2CC)CC(C(C)(C)C)=NO1. The Kier molecular flexibility index (Phi) is 3.60.